The molecule has 0 amide bonds. The van der Waals surface area contributed by atoms with Gasteiger partial charge in [-0.05, 0) is 33.1 Å². The number of carbonyl (C=O) groups excluding carboxylic acids is 1. The van der Waals surface area contributed by atoms with Crippen LogP contribution in [-0.2, 0) is 32.7 Å². The predicted octanol–water partition coefficient (Wildman–Crippen LogP) is 5.21. The fourth-order valence-electron chi connectivity index (χ4n) is 2.67. The Labute approximate surface area is 214 Å². The summed E-state index contributed by atoms with van der Waals surface area (Å²) in [5, 5.41) is -7.11. The number of hydrogen-bond acceptors (Lipinski definition) is 5. The number of imidazole rings is 1. The van der Waals surface area contributed by atoms with Crippen LogP contribution < -0.4 is 4.57 Å². The lowest BCUT2D eigenvalue weighted by Gasteiger charge is -2.34. The van der Waals surface area contributed by atoms with E-state index in [1.807, 2.05) is 0 Å². The largest absolute Gasteiger partial charge is 0.743 e. The van der Waals surface area contributed by atoms with Crippen LogP contribution >= 0.6 is 0 Å². The molecule has 0 aliphatic carbocycles. The van der Waals surface area contributed by atoms with E-state index in [-0.39, 0.29) is 5.97 Å². The first-order valence-electron chi connectivity index (χ1n) is 11.2. The van der Waals surface area contributed by atoms with Gasteiger partial charge in [-0.15, -0.1) is 0 Å². The highest BCUT2D eigenvalue weighted by molar-refractivity contribution is 7.86. The van der Waals surface area contributed by atoms with E-state index in [0.717, 1.165) is 25.9 Å². The van der Waals surface area contributed by atoms with Crippen molar-refractivity contribution in [3.8, 4) is 0 Å². The molecule has 0 atom stereocenters. The van der Waals surface area contributed by atoms with Gasteiger partial charge in [0.1, 0.15) is 12.4 Å². The van der Waals surface area contributed by atoms with E-state index in [2.05, 4.69) is 41.4 Å². The Morgan fingerprint density at radius 2 is 1.45 bits per heavy atom. The molecule has 17 heteroatoms. The van der Waals surface area contributed by atoms with Crippen LogP contribution in [0.25, 0.3) is 0 Å². The van der Waals surface area contributed by atoms with Crippen LogP contribution in [0.15, 0.2) is 30.9 Å². The van der Waals surface area contributed by atoms with E-state index in [0.29, 0.717) is 12.2 Å². The van der Waals surface area contributed by atoms with Crippen LogP contribution in [0.3, 0.4) is 0 Å². The summed E-state index contributed by atoms with van der Waals surface area (Å²) in [4.78, 5) is 11.1. The smallest absolute Gasteiger partial charge is 0.460 e. The summed E-state index contributed by atoms with van der Waals surface area (Å²) in [6.45, 7) is 10.0. The summed E-state index contributed by atoms with van der Waals surface area (Å²) in [6, 6.07) is 0. The lowest BCUT2D eigenvalue weighted by molar-refractivity contribution is -0.696. The summed E-state index contributed by atoms with van der Waals surface area (Å²) < 4.78 is 145. The van der Waals surface area contributed by atoms with Gasteiger partial charge in [0.05, 0.1) is 19.7 Å². The van der Waals surface area contributed by atoms with E-state index < -0.39 is 33.4 Å². The Morgan fingerprint density at radius 1 is 0.947 bits per heavy atom. The zero-order valence-corrected chi connectivity index (χ0v) is 21.4. The number of aryl methyl sites for hydroxylation is 2. The quantitative estimate of drug-likeness (QED) is 0.0739. The van der Waals surface area contributed by atoms with Gasteiger partial charge in [0.15, 0.2) is 10.1 Å². The second kappa shape index (κ2) is 14.2. The fraction of sp³-hybridized carbons (Fsp3) is 0.714. The molecule has 222 valence electrons. The van der Waals surface area contributed by atoms with Gasteiger partial charge in [-0.25, -0.2) is 22.3 Å². The van der Waals surface area contributed by atoms with Crippen molar-refractivity contribution in [2.75, 3.05) is 6.61 Å². The fourth-order valence-corrected chi connectivity index (χ4v) is 3.11. The third kappa shape index (κ3) is 9.78. The average molecular weight is 593 g/mol. The van der Waals surface area contributed by atoms with Crippen molar-refractivity contribution in [3.05, 3.63) is 30.9 Å². The number of alkyl halides is 9. The third-order valence-electron chi connectivity index (χ3n) is 4.93. The first-order chi connectivity index (χ1) is 17.1. The van der Waals surface area contributed by atoms with Gasteiger partial charge in [0.2, 0.25) is 6.33 Å². The summed E-state index contributed by atoms with van der Waals surface area (Å²) in [5.74, 6) is -15.1. The minimum Gasteiger partial charge on any atom is -0.743 e. The Kier molecular flexibility index (Phi) is 13.3. The molecule has 0 spiro atoms. The van der Waals surface area contributed by atoms with Crippen molar-refractivity contribution in [3.63, 3.8) is 0 Å². The molecule has 0 unspecified atom stereocenters. The van der Waals surface area contributed by atoms with E-state index in [9.17, 15) is 57.3 Å². The number of halogens is 9. The molecule has 0 aromatic carbocycles. The van der Waals surface area contributed by atoms with E-state index in [1.165, 1.54) is 25.7 Å². The van der Waals surface area contributed by atoms with Crippen LogP contribution in [0.4, 0.5) is 39.5 Å². The second-order valence-corrected chi connectivity index (χ2v) is 9.56. The molecular formula is C21H29F9N2O5S. The van der Waals surface area contributed by atoms with Crippen molar-refractivity contribution in [1.82, 2.24) is 4.57 Å². The Hall–Kier alpha value is -2.30. The van der Waals surface area contributed by atoms with E-state index in [4.69, 9.17) is 4.74 Å². The minimum atomic E-state index is -7.43. The number of ether oxygens (including phenoxy) is 1. The number of nitrogens with zero attached hydrogens (tertiary/aromatic N) is 2. The molecule has 0 radical (unpaired) electrons. The highest BCUT2D eigenvalue weighted by Crippen LogP contribution is 2.54. The first kappa shape index (κ1) is 35.7. The Morgan fingerprint density at radius 3 is 1.87 bits per heavy atom. The summed E-state index contributed by atoms with van der Waals surface area (Å²) >= 11 is 0. The predicted molar refractivity (Wildman–Crippen MR) is 114 cm³/mol. The van der Waals surface area contributed by atoms with Crippen LogP contribution in [0.1, 0.15) is 52.4 Å². The number of esters is 1. The number of rotatable bonds is 14. The second-order valence-electron chi connectivity index (χ2n) is 8.14. The molecule has 1 aromatic heterocycles. The molecular weight excluding hydrogens is 563 g/mol. The molecule has 0 N–H and O–H groups in total. The summed E-state index contributed by atoms with van der Waals surface area (Å²) in [6.07, 6.45) is 6.29. The van der Waals surface area contributed by atoms with Gasteiger partial charge in [-0.3, -0.25) is 0 Å². The van der Waals surface area contributed by atoms with Crippen molar-refractivity contribution in [2.24, 2.45) is 0 Å². The normalized spacial score (nSPS) is 13.1. The number of aromatic nitrogens is 2. The lowest BCUT2D eigenvalue weighted by Crippen LogP contribution is -2.63. The van der Waals surface area contributed by atoms with Crippen molar-refractivity contribution < 1.29 is 66.6 Å². The van der Waals surface area contributed by atoms with Crippen molar-refractivity contribution in [2.45, 2.75) is 88.7 Å². The van der Waals surface area contributed by atoms with Gasteiger partial charge < -0.3 is 9.29 Å². The number of unbranched alkanes of at least 4 members (excludes halogenated alkanes) is 5. The first-order valence-corrected chi connectivity index (χ1v) is 12.6. The molecule has 1 rings (SSSR count). The maximum absolute atomic E-state index is 12.2. The maximum Gasteiger partial charge on any atom is 0.460 e. The van der Waals surface area contributed by atoms with Gasteiger partial charge in [-0.2, -0.15) is 39.5 Å². The zero-order valence-electron chi connectivity index (χ0n) is 20.5. The van der Waals surface area contributed by atoms with Gasteiger partial charge >= 0.3 is 29.2 Å². The van der Waals surface area contributed by atoms with Gasteiger partial charge in [-0.1, -0.05) is 25.8 Å². The molecule has 0 saturated heterocycles. The van der Waals surface area contributed by atoms with E-state index >= 15 is 0 Å². The summed E-state index contributed by atoms with van der Waals surface area (Å²) in [7, 11) is -7.42. The molecule has 1 aromatic rings. The van der Waals surface area contributed by atoms with E-state index in [1.54, 1.807) is 6.92 Å². The number of hydrogen-bond donors (Lipinski definition) is 0. The maximum atomic E-state index is 12.2. The highest BCUT2D eigenvalue weighted by Gasteiger charge is 2.83. The molecule has 0 aliphatic rings. The van der Waals surface area contributed by atoms with Gasteiger partial charge in [0, 0.05) is 5.57 Å². The molecule has 7 nitrogen and oxygen atoms in total. The summed E-state index contributed by atoms with van der Waals surface area (Å²) in [5.41, 5.74) is 0.476. The standard InChI is InChI=1S/C17H29N2O2.C4HF9O3S/c1-4-18-12-13-19(15-18)11-9-7-5-6-8-10-14-21-17(20)16(2)3;5-1(6,3(9,10)11)2(7,8)4(12,13)17(14,15)16/h12-13,15H,2,4-11,14H2,1,3H3;(H,14,15,16)/q+1;/p-1. The third-order valence-corrected chi connectivity index (χ3v) is 5.82. The molecule has 0 bridgehead atoms. The average Bonchev–Trinajstić information content (AvgIpc) is 3.24. The van der Waals surface area contributed by atoms with Crippen molar-refractivity contribution >= 4 is 16.1 Å². The Bertz CT molecular complexity index is 1010. The van der Waals surface area contributed by atoms with Crippen LogP contribution in [0.2, 0.25) is 0 Å². The van der Waals surface area contributed by atoms with Crippen LogP contribution in [0.5, 0.6) is 0 Å². The van der Waals surface area contributed by atoms with Gasteiger partial charge in [0.25, 0.3) is 0 Å². The zero-order chi connectivity index (χ0) is 30.0. The molecule has 38 heavy (non-hydrogen) atoms. The minimum absolute atomic E-state index is 0.272. The van der Waals surface area contributed by atoms with Crippen LogP contribution in [0, 0.1) is 0 Å². The topological polar surface area (TPSA) is 92.3 Å². The Balaban J connectivity index is 0.000000739. The highest BCUT2D eigenvalue weighted by atomic mass is 32.2. The van der Waals surface area contributed by atoms with Crippen molar-refractivity contribution in [1.29, 1.82) is 0 Å². The lowest BCUT2D eigenvalue weighted by atomic mass is 10.1. The molecule has 0 fully saturated rings. The van der Waals surface area contributed by atoms with Crippen LogP contribution in [-0.4, -0.2) is 53.4 Å². The SMILES string of the molecule is C=C(C)C(=O)OCCCCCCCC[n+]1ccn(CC)c1.O=S(=O)([O-])C(F)(F)C(F)(F)C(F)(F)C(F)(F)F. The molecule has 0 saturated carbocycles. The molecule has 0 aliphatic heterocycles. The monoisotopic (exact) mass is 592 g/mol. The molecule has 1 heterocycles. The number of carbonyl (C=O) groups is 1.